The van der Waals surface area contributed by atoms with Gasteiger partial charge in [0.05, 0.1) is 23.3 Å². The number of aromatic nitrogens is 2. The van der Waals surface area contributed by atoms with Gasteiger partial charge < -0.3 is 19.9 Å². The van der Waals surface area contributed by atoms with E-state index in [1.807, 2.05) is 59.3 Å². The molecule has 1 aliphatic heterocycles. The van der Waals surface area contributed by atoms with Crippen LogP contribution in [-0.2, 0) is 6.54 Å². The molecule has 0 radical (unpaired) electrons. The Labute approximate surface area is 197 Å². The van der Waals surface area contributed by atoms with Crippen LogP contribution in [-0.4, -0.2) is 30.6 Å². The molecule has 1 aliphatic rings. The number of nitrogens with one attached hydrogen (secondary N) is 1. The highest BCUT2D eigenvalue weighted by molar-refractivity contribution is 7.80. The maximum atomic E-state index is 11.5. The molecular weight excluding hydrogens is 432 g/mol. The average molecular weight is 455 g/mol. The SMILES string of the molecule is O=C(O)c1cccc(-n2cccc2[C@H]2[C@@H](c3ccccn3)NC(=S)N2Cc2ccccc2)c1. The van der Waals surface area contributed by atoms with E-state index < -0.39 is 5.97 Å². The molecule has 0 bridgehead atoms. The quantitative estimate of drug-likeness (QED) is 0.410. The van der Waals surface area contributed by atoms with Crippen molar-refractivity contribution in [1.29, 1.82) is 0 Å². The van der Waals surface area contributed by atoms with E-state index in [4.69, 9.17) is 12.2 Å². The van der Waals surface area contributed by atoms with Gasteiger partial charge in [0.25, 0.3) is 0 Å². The first-order valence-electron chi connectivity index (χ1n) is 10.6. The van der Waals surface area contributed by atoms with Gasteiger partial charge in [0.2, 0.25) is 0 Å². The van der Waals surface area contributed by atoms with Gasteiger partial charge in [-0.05, 0) is 60.2 Å². The smallest absolute Gasteiger partial charge is 0.335 e. The van der Waals surface area contributed by atoms with Crippen molar-refractivity contribution in [2.24, 2.45) is 0 Å². The number of carboxylic acids is 1. The van der Waals surface area contributed by atoms with Crippen molar-refractivity contribution in [3.63, 3.8) is 0 Å². The Kier molecular flexibility index (Phi) is 5.62. The Hall–Kier alpha value is -3.97. The number of nitrogens with zero attached hydrogens (tertiary/aromatic N) is 3. The number of aromatic carboxylic acids is 1. The van der Waals surface area contributed by atoms with E-state index in [-0.39, 0.29) is 17.6 Å². The minimum Gasteiger partial charge on any atom is -0.478 e. The van der Waals surface area contributed by atoms with E-state index in [9.17, 15) is 9.90 Å². The average Bonchev–Trinajstić information content (AvgIpc) is 3.45. The molecule has 1 saturated heterocycles. The van der Waals surface area contributed by atoms with Crippen molar-refractivity contribution in [3.05, 3.63) is 120 Å². The van der Waals surface area contributed by atoms with E-state index in [0.29, 0.717) is 11.7 Å². The van der Waals surface area contributed by atoms with Gasteiger partial charge in [-0.3, -0.25) is 4.98 Å². The molecule has 3 heterocycles. The summed E-state index contributed by atoms with van der Waals surface area (Å²) in [4.78, 5) is 18.3. The third kappa shape index (κ3) is 4.10. The highest BCUT2D eigenvalue weighted by atomic mass is 32.1. The first-order chi connectivity index (χ1) is 16.1. The largest absolute Gasteiger partial charge is 0.478 e. The summed E-state index contributed by atoms with van der Waals surface area (Å²) in [6.07, 6.45) is 3.74. The Morgan fingerprint density at radius 1 is 1.00 bits per heavy atom. The fourth-order valence-electron chi connectivity index (χ4n) is 4.34. The zero-order valence-corrected chi connectivity index (χ0v) is 18.5. The topological polar surface area (TPSA) is 70.4 Å². The zero-order valence-electron chi connectivity index (χ0n) is 17.7. The van der Waals surface area contributed by atoms with Crippen LogP contribution in [0.5, 0.6) is 0 Å². The van der Waals surface area contributed by atoms with E-state index in [2.05, 4.69) is 33.4 Å². The minimum atomic E-state index is -0.952. The van der Waals surface area contributed by atoms with E-state index in [0.717, 1.165) is 22.6 Å². The highest BCUT2D eigenvalue weighted by Crippen LogP contribution is 2.40. The third-order valence-corrected chi connectivity index (χ3v) is 6.20. The summed E-state index contributed by atoms with van der Waals surface area (Å²) in [5.74, 6) is -0.952. The van der Waals surface area contributed by atoms with Crippen LogP contribution in [0.15, 0.2) is 97.3 Å². The molecular formula is C26H22N4O2S. The number of carbonyl (C=O) groups is 1. The third-order valence-electron chi connectivity index (χ3n) is 5.85. The molecule has 2 N–H and O–H groups in total. The van der Waals surface area contributed by atoms with Crippen molar-refractivity contribution >= 4 is 23.3 Å². The minimum absolute atomic E-state index is 0.143. The predicted octanol–water partition coefficient (Wildman–Crippen LogP) is 4.74. The molecule has 0 saturated carbocycles. The summed E-state index contributed by atoms with van der Waals surface area (Å²) < 4.78 is 2.03. The standard InChI is InChI=1S/C26H22N4O2S/c31-25(32)19-10-6-11-20(16-19)29-15-7-13-22(29)24-23(21-12-4-5-14-27-21)28-26(33)30(24)17-18-8-2-1-3-9-18/h1-16,23-24H,17H2,(H,28,33)(H,31,32)/t23-,24+/m1/s1. The van der Waals surface area contributed by atoms with Gasteiger partial charge in [-0.2, -0.15) is 0 Å². The summed E-state index contributed by atoms with van der Waals surface area (Å²) >= 11 is 5.78. The summed E-state index contributed by atoms with van der Waals surface area (Å²) in [6.45, 7) is 0.640. The predicted molar refractivity (Wildman–Crippen MR) is 130 cm³/mol. The van der Waals surface area contributed by atoms with Crippen LogP contribution < -0.4 is 5.32 Å². The maximum absolute atomic E-state index is 11.5. The second kappa shape index (κ2) is 8.88. The molecule has 2 aromatic carbocycles. The number of benzene rings is 2. The van der Waals surface area contributed by atoms with Crippen molar-refractivity contribution in [2.45, 2.75) is 18.6 Å². The number of carboxylic acid groups (broad SMARTS) is 1. The van der Waals surface area contributed by atoms with E-state index in [1.165, 1.54) is 0 Å². The van der Waals surface area contributed by atoms with Gasteiger partial charge in [0.1, 0.15) is 0 Å². The van der Waals surface area contributed by atoms with Crippen molar-refractivity contribution < 1.29 is 9.90 Å². The Balaban J connectivity index is 1.61. The van der Waals surface area contributed by atoms with Crippen LogP contribution in [0.4, 0.5) is 0 Å². The first kappa shape index (κ1) is 20.9. The van der Waals surface area contributed by atoms with Gasteiger partial charge in [-0.25, -0.2) is 4.79 Å². The normalized spacial score (nSPS) is 17.7. The Morgan fingerprint density at radius 2 is 1.82 bits per heavy atom. The molecule has 164 valence electrons. The number of rotatable bonds is 6. The fraction of sp³-hybridized carbons (Fsp3) is 0.115. The molecule has 0 unspecified atom stereocenters. The number of hydrogen-bond donors (Lipinski definition) is 2. The number of hydrogen-bond acceptors (Lipinski definition) is 3. The van der Waals surface area contributed by atoms with Gasteiger partial charge in [0, 0.05) is 30.3 Å². The molecule has 6 nitrogen and oxygen atoms in total. The fourth-order valence-corrected chi connectivity index (χ4v) is 4.64. The van der Waals surface area contributed by atoms with Crippen LogP contribution in [0.25, 0.3) is 5.69 Å². The lowest BCUT2D eigenvalue weighted by Gasteiger charge is -2.29. The molecule has 0 spiro atoms. The second-order valence-corrected chi connectivity index (χ2v) is 8.29. The molecule has 2 atom stereocenters. The van der Waals surface area contributed by atoms with Crippen LogP contribution in [0.1, 0.15) is 39.4 Å². The van der Waals surface area contributed by atoms with Crippen LogP contribution in [0.3, 0.4) is 0 Å². The van der Waals surface area contributed by atoms with Crippen LogP contribution in [0, 0.1) is 0 Å². The second-order valence-electron chi connectivity index (χ2n) is 7.90. The first-order valence-corrected chi connectivity index (χ1v) is 11.1. The molecule has 2 aromatic heterocycles. The molecule has 7 heteroatoms. The number of pyridine rings is 1. The summed E-state index contributed by atoms with van der Waals surface area (Å²) in [6, 6.07) is 26.8. The van der Waals surface area contributed by atoms with Crippen molar-refractivity contribution in [1.82, 2.24) is 19.8 Å². The Bertz CT molecular complexity index is 1290. The zero-order chi connectivity index (χ0) is 22.8. The Morgan fingerprint density at radius 3 is 2.58 bits per heavy atom. The van der Waals surface area contributed by atoms with Crippen LogP contribution >= 0.6 is 12.2 Å². The van der Waals surface area contributed by atoms with Crippen molar-refractivity contribution in [3.8, 4) is 5.69 Å². The monoisotopic (exact) mass is 454 g/mol. The molecule has 1 fully saturated rings. The lowest BCUT2D eigenvalue weighted by molar-refractivity contribution is 0.0697. The molecule has 0 aliphatic carbocycles. The number of thiocarbonyl (C=S) groups is 1. The molecule has 0 amide bonds. The van der Waals surface area contributed by atoms with E-state index in [1.54, 1.807) is 24.4 Å². The summed E-state index contributed by atoms with van der Waals surface area (Å²) in [5, 5.41) is 13.6. The van der Waals surface area contributed by atoms with Crippen LogP contribution in [0.2, 0.25) is 0 Å². The van der Waals surface area contributed by atoms with Crippen molar-refractivity contribution in [2.75, 3.05) is 0 Å². The highest BCUT2D eigenvalue weighted by Gasteiger charge is 2.41. The molecule has 33 heavy (non-hydrogen) atoms. The summed E-state index contributed by atoms with van der Waals surface area (Å²) in [5.41, 5.74) is 4.07. The molecule has 4 aromatic rings. The maximum Gasteiger partial charge on any atom is 0.335 e. The molecule has 5 rings (SSSR count). The van der Waals surface area contributed by atoms with Gasteiger partial charge in [-0.15, -0.1) is 0 Å². The lowest BCUT2D eigenvalue weighted by atomic mass is 10.0. The summed E-state index contributed by atoms with van der Waals surface area (Å²) in [7, 11) is 0. The lowest BCUT2D eigenvalue weighted by Crippen LogP contribution is -2.30. The van der Waals surface area contributed by atoms with E-state index >= 15 is 0 Å². The van der Waals surface area contributed by atoms with Gasteiger partial charge in [-0.1, -0.05) is 42.5 Å². The van der Waals surface area contributed by atoms with Gasteiger partial charge in [0.15, 0.2) is 5.11 Å². The van der Waals surface area contributed by atoms with Gasteiger partial charge >= 0.3 is 5.97 Å².